The summed E-state index contributed by atoms with van der Waals surface area (Å²) in [5.41, 5.74) is 0.603. The summed E-state index contributed by atoms with van der Waals surface area (Å²) in [5, 5.41) is 0. The fraction of sp³-hybridized carbons (Fsp3) is 0.926. The molecular formula is C27H44O2. The SMILES string of the molecule is CC(C)CCC[C@@H](C)[C@H]1CC[C@H]2[C@@H]3CCC4C(=O)C(=O)CC[C@]4(C)[C@H]3CC[C@]12C. The van der Waals surface area contributed by atoms with Crippen LogP contribution in [0.2, 0.25) is 0 Å². The van der Waals surface area contributed by atoms with E-state index >= 15 is 0 Å². The maximum atomic E-state index is 12.7. The predicted molar refractivity (Wildman–Crippen MR) is 118 cm³/mol. The van der Waals surface area contributed by atoms with Crippen molar-refractivity contribution in [2.45, 2.75) is 105 Å². The van der Waals surface area contributed by atoms with Gasteiger partial charge in [0, 0.05) is 12.3 Å². The van der Waals surface area contributed by atoms with Gasteiger partial charge in [0.15, 0.2) is 5.78 Å². The average molecular weight is 401 g/mol. The Labute approximate surface area is 179 Å². The smallest absolute Gasteiger partial charge is 0.201 e. The standard InChI is InChI=1S/C27H44O2/c1-17(2)7-6-8-18(3)20-11-12-21-19-9-10-23-25(29)24(28)14-16-27(23,5)22(19)13-15-26(20,21)4/h17-23H,6-16H2,1-5H3/t18-,19+,20-,21+,22+,23?,26-,27-/m1/s1. The number of hydrogen-bond donors (Lipinski definition) is 0. The minimum Gasteiger partial charge on any atom is -0.291 e. The normalized spacial score (nSPS) is 45.7. The molecule has 4 rings (SSSR count). The monoisotopic (exact) mass is 400 g/mol. The zero-order chi connectivity index (χ0) is 21.0. The molecule has 29 heavy (non-hydrogen) atoms. The zero-order valence-electron chi connectivity index (χ0n) is 19.6. The summed E-state index contributed by atoms with van der Waals surface area (Å²) in [7, 11) is 0. The fourth-order valence-corrected chi connectivity index (χ4v) is 8.97. The Morgan fingerprint density at radius 1 is 0.862 bits per heavy atom. The Bertz CT molecular complexity index is 651. The summed E-state index contributed by atoms with van der Waals surface area (Å²) < 4.78 is 0. The van der Waals surface area contributed by atoms with E-state index in [4.69, 9.17) is 0 Å². The molecule has 4 saturated carbocycles. The topological polar surface area (TPSA) is 34.1 Å². The third-order valence-corrected chi connectivity index (χ3v) is 10.6. The Balaban J connectivity index is 1.49. The van der Waals surface area contributed by atoms with Gasteiger partial charge < -0.3 is 0 Å². The number of hydrogen-bond acceptors (Lipinski definition) is 2. The molecule has 164 valence electrons. The summed E-state index contributed by atoms with van der Waals surface area (Å²) in [4.78, 5) is 24.8. The first-order valence-electron chi connectivity index (χ1n) is 12.8. The van der Waals surface area contributed by atoms with Gasteiger partial charge in [-0.3, -0.25) is 9.59 Å². The molecule has 0 radical (unpaired) electrons. The largest absolute Gasteiger partial charge is 0.291 e. The molecule has 4 aliphatic carbocycles. The maximum absolute atomic E-state index is 12.7. The van der Waals surface area contributed by atoms with Crippen LogP contribution in [0.3, 0.4) is 0 Å². The number of ketones is 2. The first-order chi connectivity index (χ1) is 13.7. The van der Waals surface area contributed by atoms with Crippen LogP contribution in [0.4, 0.5) is 0 Å². The maximum Gasteiger partial charge on any atom is 0.201 e. The van der Waals surface area contributed by atoms with E-state index in [1.807, 2.05) is 0 Å². The third-order valence-electron chi connectivity index (χ3n) is 10.6. The van der Waals surface area contributed by atoms with Crippen LogP contribution in [0.25, 0.3) is 0 Å². The minimum atomic E-state index is -0.0808. The van der Waals surface area contributed by atoms with Crippen LogP contribution in [-0.4, -0.2) is 11.6 Å². The van der Waals surface area contributed by atoms with Crippen molar-refractivity contribution in [3.05, 3.63) is 0 Å². The molecule has 2 nitrogen and oxygen atoms in total. The van der Waals surface area contributed by atoms with Crippen molar-refractivity contribution in [1.29, 1.82) is 0 Å². The van der Waals surface area contributed by atoms with Crippen LogP contribution in [0.5, 0.6) is 0 Å². The van der Waals surface area contributed by atoms with Crippen molar-refractivity contribution in [3.8, 4) is 0 Å². The van der Waals surface area contributed by atoms with Crippen molar-refractivity contribution >= 4 is 11.6 Å². The van der Waals surface area contributed by atoms with Gasteiger partial charge in [0.25, 0.3) is 0 Å². The van der Waals surface area contributed by atoms with Gasteiger partial charge in [-0.2, -0.15) is 0 Å². The summed E-state index contributed by atoms with van der Waals surface area (Å²) in [6.45, 7) is 12.2. The molecule has 4 aliphatic rings. The lowest BCUT2D eigenvalue weighted by Gasteiger charge is -2.60. The van der Waals surface area contributed by atoms with Gasteiger partial charge in [-0.25, -0.2) is 0 Å². The van der Waals surface area contributed by atoms with E-state index in [1.54, 1.807) is 0 Å². The molecule has 0 bridgehead atoms. The highest BCUT2D eigenvalue weighted by Gasteiger charge is 2.62. The number of carbonyl (C=O) groups is 2. The van der Waals surface area contributed by atoms with Crippen LogP contribution in [0, 0.1) is 52.3 Å². The van der Waals surface area contributed by atoms with E-state index in [-0.39, 0.29) is 22.9 Å². The summed E-state index contributed by atoms with van der Waals surface area (Å²) >= 11 is 0. The zero-order valence-corrected chi connectivity index (χ0v) is 19.6. The van der Waals surface area contributed by atoms with Gasteiger partial charge in [-0.1, -0.05) is 53.9 Å². The summed E-state index contributed by atoms with van der Waals surface area (Å²) in [6, 6.07) is 0. The van der Waals surface area contributed by atoms with E-state index < -0.39 is 0 Å². The molecule has 0 aliphatic heterocycles. The predicted octanol–water partition coefficient (Wildman–Crippen LogP) is 6.86. The molecule has 2 heteroatoms. The average Bonchev–Trinajstić information content (AvgIpc) is 3.02. The van der Waals surface area contributed by atoms with Crippen molar-refractivity contribution < 1.29 is 9.59 Å². The molecule has 0 spiro atoms. The first-order valence-corrected chi connectivity index (χ1v) is 12.8. The molecule has 0 aromatic heterocycles. The van der Waals surface area contributed by atoms with Gasteiger partial charge >= 0.3 is 0 Å². The van der Waals surface area contributed by atoms with Gasteiger partial charge in [0.1, 0.15) is 0 Å². The minimum absolute atomic E-state index is 0.0198. The second kappa shape index (κ2) is 7.79. The van der Waals surface area contributed by atoms with Crippen molar-refractivity contribution in [2.75, 3.05) is 0 Å². The van der Waals surface area contributed by atoms with E-state index in [0.717, 1.165) is 42.4 Å². The molecule has 0 saturated heterocycles. The van der Waals surface area contributed by atoms with E-state index in [0.29, 0.717) is 17.8 Å². The Kier molecular flexibility index (Phi) is 5.79. The quantitative estimate of drug-likeness (QED) is 0.473. The molecule has 0 amide bonds. The number of Topliss-reactive ketones (excluding diaryl/α,β-unsaturated/α-hetero) is 2. The lowest BCUT2D eigenvalue weighted by atomic mass is 9.44. The lowest BCUT2D eigenvalue weighted by molar-refractivity contribution is -0.158. The molecule has 0 heterocycles. The molecule has 0 N–H and O–H groups in total. The molecule has 0 aromatic carbocycles. The summed E-state index contributed by atoms with van der Waals surface area (Å²) in [6.07, 6.45) is 13.3. The van der Waals surface area contributed by atoms with Crippen LogP contribution < -0.4 is 0 Å². The Morgan fingerprint density at radius 3 is 2.31 bits per heavy atom. The molecular weight excluding hydrogens is 356 g/mol. The van der Waals surface area contributed by atoms with E-state index in [2.05, 4.69) is 34.6 Å². The summed E-state index contributed by atoms with van der Waals surface area (Å²) in [5.74, 6) is 4.81. The fourth-order valence-electron chi connectivity index (χ4n) is 8.97. The van der Waals surface area contributed by atoms with Crippen LogP contribution in [0.15, 0.2) is 0 Å². The molecule has 0 aromatic rings. The molecule has 4 fully saturated rings. The third kappa shape index (κ3) is 3.45. The second-order valence-corrected chi connectivity index (χ2v) is 12.3. The second-order valence-electron chi connectivity index (χ2n) is 12.3. The van der Waals surface area contributed by atoms with E-state index in [1.165, 1.54) is 51.4 Å². The van der Waals surface area contributed by atoms with Gasteiger partial charge in [-0.15, -0.1) is 0 Å². The van der Waals surface area contributed by atoms with Crippen molar-refractivity contribution in [1.82, 2.24) is 0 Å². The van der Waals surface area contributed by atoms with Crippen LogP contribution in [-0.2, 0) is 9.59 Å². The van der Waals surface area contributed by atoms with Crippen LogP contribution in [0.1, 0.15) is 105 Å². The highest BCUT2D eigenvalue weighted by Crippen LogP contribution is 2.67. The van der Waals surface area contributed by atoms with Gasteiger partial charge in [-0.05, 0) is 91.3 Å². The highest BCUT2D eigenvalue weighted by molar-refractivity contribution is 6.38. The number of carbonyl (C=O) groups excluding carboxylic acids is 2. The molecule has 8 atom stereocenters. The van der Waals surface area contributed by atoms with Crippen molar-refractivity contribution in [2.24, 2.45) is 52.3 Å². The van der Waals surface area contributed by atoms with E-state index in [9.17, 15) is 9.59 Å². The highest BCUT2D eigenvalue weighted by atomic mass is 16.2. The number of fused-ring (bicyclic) bond motifs is 5. The lowest BCUT2D eigenvalue weighted by Crippen LogP contribution is -2.56. The van der Waals surface area contributed by atoms with Crippen LogP contribution >= 0.6 is 0 Å². The van der Waals surface area contributed by atoms with Gasteiger partial charge in [0.2, 0.25) is 5.78 Å². The first kappa shape index (κ1) is 21.6. The Morgan fingerprint density at radius 2 is 1.59 bits per heavy atom. The number of rotatable bonds is 5. The van der Waals surface area contributed by atoms with Gasteiger partial charge in [0.05, 0.1) is 0 Å². The molecule has 1 unspecified atom stereocenters. The Hall–Kier alpha value is -0.660. The van der Waals surface area contributed by atoms with Crippen molar-refractivity contribution in [3.63, 3.8) is 0 Å².